The average molecular weight is 243 g/mol. The largest absolute Gasteiger partial charge is 0.311 e. The molecule has 1 heterocycles. The van der Waals surface area contributed by atoms with E-state index in [4.69, 9.17) is 0 Å². The highest BCUT2D eigenvalue weighted by atomic mass is 32.2. The quantitative estimate of drug-likeness (QED) is 0.872. The van der Waals surface area contributed by atoms with Crippen LogP contribution in [0.25, 0.3) is 0 Å². The number of rotatable bonds is 4. The zero-order chi connectivity index (χ0) is 11.4. The van der Waals surface area contributed by atoms with E-state index >= 15 is 0 Å². The van der Waals surface area contributed by atoms with Crippen LogP contribution in [0.15, 0.2) is 18.2 Å². The first-order valence-corrected chi connectivity index (χ1v) is 6.57. The van der Waals surface area contributed by atoms with Crippen molar-refractivity contribution < 1.29 is 8.78 Å². The summed E-state index contributed by atoms with van der Waals surface area (Å²) in [6.45, 7) is 1.28. The van der Waals surface area contributed by atoms with E-state index in [1.165, 1.54) is 18.6 Å². The molecule has 88 valence electrons. The molecule has 4 heteroatoms. The second kappa shape index (κ2) is 5.64. The number of benzene rings is 1. The molecule has 1 atom stereocenters. The summed E-state index contributed by atoms with van der Waals surface area (Å²) < 4.78 is 26.2. The van der Waals surface area contributed by atoms with Crippen LogP contribution in [0.5, 0.6) is 0 Å². The molecule has 0 amide bonds. The lowest BCUT2D eigenvalue weighted by atomic mass is 10.2. The first-order chi connectivity index (χ1) is 7.77. The second-order valence-electron chi connectivity index (χ2n) is 3.98. The first kappa shape index (κ1) is 11.9. The number of halogens is 2. The lowest BCUT2D eigenvalue weighted by Crippen LogP contribution is -2.23. The van der Waals surface area contributed by atoms with E-state index in [9.17, 15) is 8.78 Å². The normalized spacial score (nSPS) is 20.2. The molecule has 0 bridgehead atoms. The minimum absolute atomic E-state index is 0.403. The number of thioether (sulfide) groups is 1. The lowest BCUT2D eigenvalue weighted by molar-refractivity contribution is 0.492. The fraction of sp³-hybridized carbons (Fsp3) is 0.500. The van der Waals surface area contributed by atoms with Gasteiger partial charge >= 0.3 is 0 Å². The first-order valence-electron chi connectivity index (χ1n) is 5.52. The molecule has 1 aromatic carbocycles. The molecule has 1 N–H and O–H groups in total. The number of nitrogens with one attached hydrogen (secondary N) is 1. The summed E-state index contributed by atoms with van der Waals surface area (Å²) in [6, 6.07) is 4.30. The van der Waals surface area contributed by atoms with Gasteiger partial charge in [0, 0.05) is 23.9 Å². The van der Waals surface area contributed by atoms with Crippen LogP contribution in [-0.2, 0) is 6.54 Å². The van der Waals surface area contributed by atoms with Crippen LogP contribution < -0.4 is 5.32 Å². The molecule has 0 radical (unpaired) electrons. The zero-order valence-electron chi connectivity index (χ0n) is 9.01. The van der Waals surface area contributed by atoms with Crippen LogP contribution in [0.4, 0.5) is 8.78 Å². The standard InChI is InChI=1S/C12H15F2NS/c13-11-5-1-3-9(12(11)14)7-15-8-10-4-2-6-16-10/h1,3,5,10,15H,2,4,6-8H2. The van der Waals surface area contributed by atoms with Crippen molar-refractivity contribution >= 4 is 11.8 Å². The third-order valence-corrected chi connectivity index (χ3v) is 4.14. The molecule has 1 fully saturated rings. The van der Waals surface area contributed by atoms with E-state index in [0.29, 0.717) is 17.4 Å². The van der Waals surface area contributed by atoms with Crippen molar-refractivity contribution in [1.82, 2.24) is 5.32 Å². The molecule has 0 spiro atoms. The maximum Gasteiger partial charge on any atom is 0.163 e. The summed E-state index contributed by atoms with van der Waals surface area (Å²) in [5, 5.41) is 3.82. The molecule has 1 aromatic rings. The van der Waals surface area contributed by atoms with Crippen LogP contribution in [0, 0.1) is 11.6 Å². The maximum atomic E-state index is 13.3. The van der Waals surface area contributed by atoms with Crippen LogP contribution in [0.3, 0.4) is 0 Å². The average Bonchev–Trinajstić information content (AvgIpc) is 2.77. The van der Waals surface area contributed by atoms with Gasteiger partial charge in [0.05, 0.1) is 0 Å². The fourth-order valence-corrected chi connectivity index (χ4v) is 3.09. The predicted octanol–water partition coefficient (Wildman–Crippen LogP) is 2.95. The Morgan fingerprint density at radius 2 is 2.25 bits per heavy atom. The number of hydrogen-bond acceptors (Lipinski definition) is 2. The van der Waals surface area contributed by atoms with E-state index in [1.54, 1.807) is 12.1 Å². The minimum Gasteiger partial charge on any atom is -0.311 e. The van der Waals surface area contributed by atoms with Crippen molar-refractivity contribution in [3.63, 3.8) is 0 Å². The van der Waals surface area contributed by atoms with Gasteiger partial charge in [0.15, 0.2) is 11.6 Å². The van der Waals surface area contributed by atoms with Crippen LogP contribution in [0.1, 0.15) is 18.4 Å². The molecule has 1 aliphatic rings. The lowest BCUT2D eigenvalue weighted by Gasteiger charge is -2.10. The summed E-state index contributed by atoms with van der Waals surface area (Å²) >= 11 is 1.95. The van der Waals surface area contributed by atoms with Gasteiger partial charge in [0.25, 0.3) is 0 Å². The topological polar surface area (TPSA) is 12.0 Å². The van der Waals surface area contributed by atoms with E-state index in [1.807, 2.05) is 11.8 Å². The molecule has 0 saturated carbocycles. The molecule has 0 aromatic heterocycles. The monoisotopic (exact) mass is 243 g/mol. The maximum absolute atomic E-state index is 13.3. The van der Waals surface area contributed by atoms with Gasteiger partial charge in [0.1, 0.15) is 0 Å². The molecule has 2 rings (SSSR count). The summed E-state index contributed by atoms with van der Waals surface area (Å²) in [4.78, 5) is 0. The van der Waals surface area contributed by atoms with Crippen molar-refractivity contribution in [3.8, 4) is 0 Å². The SMILES string of the molecule is Fc1cccc(CNCC2CCCS2)c1F. The Morgan fingerprint density at radius 1 is 1.38 bits per heavy atom. The Balaban J connectivity index is 1.82. The molecule has 1 unspecified atom stereocenters. The van der Waals surface area contributed by atoms with Gasteiger partial charge in [-0.15, -0.1) is 0 Å². The summed E-state index contributed by atoms with van der Waals surface area (Å²) in [5.41, 5.74) is 0.406. The molecular formula is C12H15F2NS. The summed E-state index contributed by atoms with van der Waals surface area (Å²) in [6.07, 6.45) is 2.49. The van der Waals surface area contributed by atoms with Gasteiger partial charge in [-0.25, -0.2) is 8.78 Å². The molecular weight excluding hydrogens is 228 g/mol. The van der Waals surface area contributed by atoms with Crippen molar-refractivity contribution in [2.45, 2.75) is 24.6 Å². The van der Waals surface area contributed by atoms with Crippen LogP contribution >= 0.6 is 11.8 Å². The van der Waals surface area contributed by atoms with Crippen LogP contribution in [-0.4, -0.2) is 17.5 Å². The van der Waals surface area contributed by atoms with Gasteiger partial charge in [-0.2, -0.15) is 11.8 Å². The van der Waals surface area contributed by atoms with Crippen molar-refractivity contribution in [1.29, 1.82) is 0 Å². The molecule has 1 aliphatic heterocycles. The Bertz CT molecular complexity index is 351. The third kappa shape index (κ3) is 2.95. The Hall–Kier alpha value is -0.610. The number of hydrogen-bond donors (Lipinski definition) is 1. The van der Waals surface area contributed by atoms with Gasteiger partial charge in [-0.1, -0.05) is 12.1 Å². The van der Waals surface area contributed by atoms with Crippen LogP contribution in [0.2, 0.25) is 0 Å². The third-order valence-electron chi connectivity index (χ3n) is 2.74. The summed E-state index contributed by atoms with van der Waals surface area (Å²) in [7, 11) is 0. The highest BCUT2D eigenvalue weighted by Crippen LogP contribution is 2.25. The predicted molar refractivity (Wildman–Crippen MR) is 63.5 cm³/mol. The molecule has 1 saturated heterocycles. The molecule has 16 heavy (non-hydrogen) atoms. The van der Waals surface area contributed by atoms with Crippen molar-refractivity contribution in [3.05, 3.63) is 35.4 Å². The van der Waals surface area contributed by atoms with Crippen molar-refractivity contribution in [2.75, 3.05) is 12.3 Å². The van der Waals surface area contributed by atoms with E-state index in [-0.39, 0.29) is 0 Å². The molecule has 0 aliphatic carbocycles. The molecule has 1 nitrogen and oxygen atoms in total. The van der Waals surface area contributed by atoms with Gasteiger partial charge in [0.2, 0.25) is 0 Å². The second-order valence-corrected chi connectivity index (χ2v) is 5.39. The highest BCUT2D eigenvalue weighted by Gasteiger charge is 2.15. The highest BCUT2D eigenvalue weighted by molar-refractivity contribution is 8.00. The van der Waals surface area contributed by atoms with E-state index in [0.717, 1.165) is 12.6 Å². The fourth-order valence-electron chi connectivity index (χ4n) is 1.86. The Labute approximate surface area is 98.6 Å². The van der Waals surface area contributed by atoms with Gasteiger partial charge in [-0.05, 0) is 24.7 Å². The van der Waals surface area contributed by atoms with Crippen molar-refractivity contribution in [2.24, 2.45) is 0 Å². The van der Waals surface area contributed by atoms with Gasteiger partial charge in [-0.3, -0.25) is 0 Å². The Morgan fingerprint density at radius 3 is 3.00 bits per heavy atom. The zero-order valence-corrected chi connectivity index (χ0v) is 9.83. The van der Waals surface area contributed by atoms with Gasteiger partial charge < -0.3 is 5.32 Å². The Kier molecular flexibility index (Phi) is 4.18. The minimum atomic E-state index is -0.769. The summed E-state index contributed by atoms with van der Waals surface area (Å²) in [5.74, 6) is -0.274. The van der Waals surface area contributed by atoms with E-state index in [2.05, 4.69) is 5.32 Å². The van der Waals surface area contributed by atoms with E-state index < -0.39 is 11.6 Å². The smallest absolute Gasteiger partial charge is 0.163 e.